The fourth-order valence-electron chi connectivity index (χ4n) is 7.80. The highest BCUT2D eigenvalue weighted by Crippen LogP contribution is 2.53. The van der Waals surface area contributed by atoms with Gasteiger partial charge in [-0.3, -0.25) is 34.2 Å². The van der Waals surface area contributed by atoms with Gasteiger partial charge in [0.15, 0.2) is 16.6 Å². The number of piperidine rings is 1. The molecule has 0 radical (unpaired) electrons. The van der Waals surface area contributed by atoms with Gasteiger partial charge >= 0.3 is 6.03 Å². The number of imide groups is 2. The molecule has 2 fully saturated rings. The number of ether oxygens (including phenoxy) is 4. The van der Waals surface area contributed by atoms with Crippen LogP contribution in [0.15, 0.2) is 55.1 Å². The van der Waals surface area contributed by atoms with E-state index in [1.54, 1.807) is 30.1 Å². The van der Waals surface area contributed by atoms with Crippen LogP contribution >= 0.6 is 23.2 Å². The molecule has 8 rings (SSSR count). The highest BCUT2D eigenvalue weighted by atomic mass is 35.5. The molecule has 0 bridgehead atoms. The molecule has 2 aliphatic heterocycles. The molecule has 23 nitrogen and oxygen atoms in total. The van der Waals surface area contributed by atoms with Crippen LogP contribution in [0, 0.1) is 0 Å². The largest absolute Gasteiger partial charge is 0.382 e. The molecule has 1 saturated carbocycles. The van der Waals surface area contributed by atoms with E-state index >= 15 is 0 Å². The monoisotopic (exact) mass is 961 g/mol. The minimum absolute atomic E-state index is 0.0435. The van der Waals surface area contributed by atoms with Gasteiger partial charge in [-0.05, 0) is 37.5 Å². The summed E-state index contributed by atoms with van der Waals surface area (Å²) < 4.78 is 24.0. The Bertz CT molecular complexity index is 2680. The third-order valence-electron chi connectivity index (χ3n) is 11.2. The minimum Gasteiger partial charge on any atom is -0.382 e. The minimum atomic E-state index is -1.04. The van der Waals surface area contributed by atoms with Crippen molar-refractivity contribution >= 4 is 81.5 Å². The van der Waals surface area contributed by atoms with Gasteiger partial charge in [-0.25, -0.2) is 19.3 Å². The molecule has 3 aliphatic rings. The number of nitrogens with one attached hydrogen (secondary N) is 4. The van der Waals surface area contributed by atoms with Crippen molar-refractivity contribution < 1.29 is 47.7 Å². The lowest BCUT2D eigenvalue weighted by Crippen LogP contribution is -2.54. The number of carbonyl (C=O) groups excluding carboxylic acids is 6. The van der Waals surface area contributed by atoms with Crippen molar-refractivity contribution in [1.82, 2.24) is 49.7 Å². The molecule has 1 unspecified atom stereocenters. The van der Waals surface area contributed by atoms with Gasteiger partial charge in [-0.1, -0.05) is 29.3 Å². The van der Waals surface area contributed by atoms with Gasteiger partial charge in [0, 0.05) is 31.8 Å². The Hall–Kier alpha value is -6.63. The highest BCUT2D eigenvalue weighted by molar-refractivity contribution is 6.32. The standard InChI is InChI=1S/C42H45Cl2N13O10/c1-54(42(8-9-42)36-29(24-46-32-22-31(44)53-56(32)36)51-41(63)50-25-21-27(43)37(47-23-25)57-48-10-11-49-57)34(59)7-13-64-15-17-66-19-20-67-18-16-65-14-12-45-28-4-2-3-26-35(28)40(62)55(39(26)61)30-5-6-33(58)52-38(30)60/h2-4,10-11,21-24,30,45H,5-9,12-20H2,1H3,(H2,50,51,63)(H,52,58,60). The molecule has 7 amide bonds. The molecule has 25 heteroatoms. The summed E-state index contributed by atoms with van der Waals surface area (Å²) >= 11 is 12.7. The first-order chi connectivity index (χ1) is 32.4. The summed E-state index contributed by atoms with van der Waals surface area (Å²) in [6.07, 6.45) is 7.31. The number of pyridine rings is 1. The topological polar surface area (TPSA) is 268 Å². The predicted molar refractivity (Wildman–Crippen MR) is 238 cm³/mol. The first-order valence-electron chi connectivity index (χ1n) is 21.3. The lowest BCUT2D eigenvalue weighted by molar-refractivity contribution is -0.136. The number of carbonyl (C=O) groups is 6. The van der Waals surface area contributed by atoms with Crippen molar-refractivity contribution in [1.29, 1.82) is 0 Å². The van der Waals surface area contributed by atoms with Crippen LogP contribution in [0.25, 0.3) is 11.5 Å². The number of aromatic nitrogens is 7. The molecule has 5 aromatic rings. The summed E-state index contributed by atoms with van der Waals surface area (Å²) in [5.74, 6) is -2.14. The Labute approximate surface area is 391 Å². The molecule has 4 aromatic heterocycles. The molecule has 1 aromatic carbocycles. The molecular weight excluding hydrogens is 917 g/mol. The summed E-state index contributed by atoms with van der Waals surface area (Å²) in [6.45, 7) is 2.64. The molecule has 4 N–H and O–H groups in total. The van der Waals surface area contributed by atoms with E-state index in [0.717, 1.165) is 4.90 Å². The maximum Gasteiger partial charge on any atom is 0.323 e. The van der Waals surface area contributed by atoms with Gasteiger partial charge in [-0.15, -0.1) is 4.80 Å². The van der Waals surface area contributed by atoms with Crippen LogP contribution in [0.3, 0.4) is 0 Å². The second-order valence-electron chi connectivity index (χ2n) is 15.5. The van der Waals surface area contributed by atoms with Crippen LogP contribution < -0.4 is 21.3 Å². The summed E-state index contributed by atoms with van der Waals surface area (Å²) in [5, 5.41) is 23.8. The van der Waals surface area contributed by atoms with E-state index in [4.69, 9.17) is 42.1 Å². The molecule has 0 spiro atoms. The van der Waals surface area contributed by atoms with Crippen LogP contribution in [0.5, 0.6) is 0 Å². The van der Waals surface area contributed by atoms with Crippen molar-refractivity contribution in [2.75, 3.05) is 82.4 Å². The number of amides is 7. The van der Waals surface area contributed by atoms with Crippen LogP contribution in [-0.2, 0) is 38.9 Å². The Kier molecular flexibility index (Phi) is 14.6. The first-order valence-corrected chi connectivity index (χ1v) is 22.0. The second kappa shape index (κ2) is 20.9. The van der Waals surface area contributed by atoms with Crippen molar-refractivity contribution in [3.8, 4) is 5.82 Å². The Balaban J connectivity index is 0.707. The number of hydrogen-bond acceptors (Lipinski definition) is 16. The van der Waals surface area contributed by atoms with Crippen LogP contribution in [-0.4, -0.2) is 152 Å². The maximum atomic E-state index is 13.5. The fraction of sp³-hybridized carbons (Fsp3) is 0.405. The zero-order chi connectivity index (χ0) is 47.1. The summed E-state index contributed by atoms with van der Waals surface area (Å²) in [5.41, 5.74) is 1.64. The van der Waals surface area contributed by atoms with Crippen molar-refractivity contribution in [3.63, 3.8) is 0 Å². The van der Waals surface area contributed by atoms with Crippen molar-refractivity contribution in [3.05, 3.63) is 82.1 Å². The predicted octanol–water partition coefficient (Wildman–Crippen LogP) is 3.07. The van der Waals surface area contributed by atoms with Crippen molar-refractivity contribution in [2.24, 2.45) is 0 Å². The van der Waals surface area contributed by atoms with Gasteiger partial charge in [-0.2, -0.15) is 15.3 Å². The highest BCUT2D eigenvalue weighted by Gasteiger charge is 2.53. The third kappa shape index (κ3) is 10.5. The molecule has 1 atom stereocenters. The smallest absolute Gasteiger partial charge is 0.323 e. The SMILES string of the molecule is CN(C(=O)CCOCCOCCOCCOCCNc1cccc2c1C(=O)N(C1CCC(=O)NC1=O)C2=O)C1(c2c(NC(=O)Nc3cnc(-n4nccn4)c(Cl)c3)cnc3cc(Cl)nn23)CC1. The Morgan fingerprint density at radius 3 is 2.25 bits per heavy atom. The molecule has 6 heterocycles. The van der Waals surface area contributed by atoms with E-state index in [2.05, 4.69) is 46.5 Å². The van der Waals surface area contributed by atoms with Crippen LogP contribution in [0.1, 0.15) is 58.5 Å². The number of anilines is 3. The van der Waals surface area contributed by atoms with Gasteiger partial charge in [0.25, 0.3) is 11.8 Å². The first kappa shape index (κ1) is 46.9. The average Bonchev–Trinajstić information content (AvgIpc) is 3.58. The molecular formula is C42H45Cl2N13O10. The van der Waals surface area contributed by atoms with E-state index in [1.165, 1.54) is 46.2 Å². The fourth-order valence-corrected chi connectivity index (χ4v) is 8.21. The maximum absolute atomic E-state index is 13.5. The number of fused-ring (bicyclic) bond motifs is 2. The van der Waals surface area contributed by atoms with E-state index in [1.807, 2.05) is 0 Å². The van der Waals surface area contributed by atoms with E-state index in [9.17, 15) is 28.8 Å². The lowest BCUT2D eigenvalue weighted by atomic mass is 10.0. The molecule has 67 heavy (non-hydrogen) atoms. The van der Waals surface area contributed by atoms with Gasteiger partial charge < -0.3 is 39.8 Å². The number of hydrogen-bond donors (Lipinski definition) is 4. The van der Waals surface area contributed by atoms with Crippen LogP contribution in [0.4, 0.5) is 21.9 Å². The quantitative estimate of drug-likeness (QED) is 0.0574. The van der Waals surface area contributed by atoms with E-state index < -0.39 is 41.2 Å². The Morgan fingerprint density at radius 1 is 0.866 bits per heavy atom. The van der Waals surface area contributed by atoms with Crippen molar-refractivity contribution in [2.45, 2.75) is 43.7 Å². The summed E-state index contributed by atoms with van der Waals surface area (Å²) in [4.78, 5) is 89.5. The molecule has 1 saturated heterocycles. The average molecular weight is 963 g/mol. The zero-order valence-corrected chi connectivity index (χ0v) is 37.5. The number of benzene rings is 1. The third-order valence-corrected chi connectivity index (χ3v) is 11.6. The number of nitrogens with zero attached hydrogens (tertiary/aromatic N) is 9. The van der Waals surface area contributed by atoms with E-state index in [-0.39, 0.29) is 59.7 Å². The molecule has 352 valence electrons. The van der Waals surface area contributed by atoms with Gasteiger partial charge in [0.05, 0.1) is 123 Å². The van der Waals surface area contributed by atoms with Gasteiger partial charge in [0.1, 0.15) is 6.04 Å². The van der Waals surface area contributed by atoms with E-state index in [0.29, 0.717) is 93.2 Å². The molecule has 1 aliphatic carbocycles. The number of halogens is 2. The van der Waals surface area contributed by atoms with Crippen LogP contribution in [0.2, 0.25) is 10.2 Å². The normalized spacial score (nSPS) is 16.3. The summed E-state index contributed by atoms with van der Waals surface area (Å²) in [7, 11) is 1.70. The second-order valence-corrected chi connectivity index (χ2v) is 16.3. The number of rotatable bonds is 22. The van der Waals surface area contributed by atoms with Gasteiger partial charge in [0.2, 0.25) is 17.7 Å². The zero-order valence-electron chi connectivity index (χ0n) is 36.0. The lowest BCUT2D eigenvalue weighted by Gasteiger charge is -2.30. The number of urea groups is 1. The summed E-state index contributed by atoms with van der Waals surface area (Å²) in [6, 6.07) is 6.32. The Morgan fingerprint density at radius 2 is 1.57 bits per heavy atom.